The van der Waals surface area contributed by atoms with E-state index in [0.29, 0.717) is 39.6 Å². The van der Waals surface area contributed by atoms with Gasteiger partial charge >= 0.3 is 24.4 Å². The number of hydrogen-bond acceptors (Lipinski definition) is 6. The maximum atomic E-state index is 12.3. The van der Waals surface area contributed by atoms with Gasteiger partial charge in [0.05, 0.1) is 23.8 Å². The molecule has 66 heavy (non-hydrogen) atoms. The minimum absolute atomic E-state index is 0.317. The molecule has 4 heterocycles. The molecule has 5 amide bonds. The Bertz CT molecular complexity index is 3070. The number of carbonyl (C=O) groups excluding carboxylic acids is 3. The van der Waals surface area contributed by atoms with Crippen molar-refractivity contribution in [3.63, 3.8) is 0 Å². The lowest BCUT2D eigenvalue weighted by molar-refractivity contribution is -0.123. The van der Waals surface area contributed by atoms with Gasteiger partial charge in [0.15, 0.2) is 0 Å². The van der Waals surface area contributed by atoms with E-state index in [4.69, 9.17) is 5.73 Å². The fourth-order valence-electron chi connectivity index (χ4n) is 6.74. The van der Waals surface area contributed by atoms with Crippen molar-refractivity contribution in [3.8, 4) is 44.8 Å². The molecule has 0 radical (unpaired) electrons. The molecular formula is C47H38F6N10O3. The number of amides is 5. The second kappa shape index (κ2) is 19.4. The van der Waals surface area contributed by atoms with Gasteiger partial charge in [-0.15, -0.1) is 0 Å². The monoisotopic (exact) mass is 904 g/mol. The van der Waals surface area contributed by atoms with E-state index < -0.39 is 37.5 Å². The van der Waals surface area contributed by atoms with Crippen molar-refractivity contribution in [2.24, 2.45) is 0 Å². The summed E-state index contributed by atoms with van der Waals surface area (Å²) in [6.07, 6.45) is -0.719. The maximum Gasteiger partial charge on any atom is 0.405 e. The van der Waals surface area contributed by atoms with Gasteiger partial charge < -0.3 is 32.3 Å². The van der Waals surface area contributed by atoms with Gasteiger partial charge in [-0.3, -0.25) is 13.6 Å². The second-order valence-corrected chi connectivity index (χ2v) is 14.4. The lowest BCUT2D eigenvalue weighted by Gasteiger charge is -2.12. The molecule has 0 fully saturated rings. The molecule has 4 aromatic heterocycles. The first-order valence-corrected chi connectivity index (χ1v) is 19.8. The molecule has 8 aromatic rings. The average Bonchev–Trinajstić information content (AvgIpc) is 3.92. The Balaban J connectivity index is 0.000000198. The van der Waals surface area contributed by atoms with Crippen LogP contribution in [0, 0.1) is 0 Å². The van der Waals surface area contributed by atoms with E-state index in [1.807, 2.05) is 94.0 Å². The van der Waals surface area contributed by atoms with Gasteiger partial charge in [-0.2, -0.15) is 26.3 Å². The zero-order valence-electron chi connectivity index (χ0n) is 34.4. The van der Waals surface area contributed by atoms with Crippen LogP contribution < -0.4 is 32.3 Å². The van der Waals surface area contributed by atoms with Crippen LogP contribution in [0.15, 0.2) is 159 Å². The summed E-state index contributed by atoms with van der Waals surface area (Å²) < 4.78 is 77.4. The van der Waals surface area contributed by atoms with Gasteiger partial charge in [-0.05, 0) is 77.9 Å². The summed E-state index contributed by atoms with van der Waals surface area (Å²) in [7, 11) is 0. The molecular weight excluding hydrogens is 867 g/mol. The first kappa shape index (κ1) is 45.4. The number of para-hydroxylation sites is 2. The molecule has 0 saturated heterocycles. The summed E-state index contributed by atoms with van der Waals surface area (Å²) in [6, 6.07) is 34.1. The summed E-state index contributed by atoms with van der Waals surface area (Å²) in [5.41, 5.74) is 15.8. The van der Waals surface area contributed by atoms with Crippen LogP contribution in [0.4, 0.5) is 58.7 Å². The topological polar surface area (TPSA) is 172 Å². The number of imidazole rings is 2. The van der Waals surface area contributed by atoms with Crippen molar-refractivity contribution in [3.05, 3.63) is 159 Å². The predicted octanol–water partition coefficient (Wildman–Crippen LogP) is 10.4. The van der Waals surface area contributed by atoms with E-state index in [9.17, 15) is 40.7 Å². The normalized spacial score (nSPS) is 11.3. The summed E-state index contributed by atoms with van der Waals surface area (Å²) in [4.78, 5) is 44.2. The van der Waals surface area contributed by atoms with Crippen LogP contribution in [0.5, 0.6) is 0 Å². The number of fused-ring (bicyclic) bond motifs is 2. The van der Waals surface area contributed by atoms with Crippen molar-refractivity contribution < 1.29 is 40.7 Å². The molecule has 0 bridgehead atoms. The van der Waals surface area contributed by atoms with Crippen LogP contribution in [0.25, 0.3) is 56.1 Å². The van der Waals surface area contributed by atoms with Crippen molar-refractivity contribution in [1.82, 2.24) is 29.4 Å². The number of alkyl halides is 6. The highest BCUT2D eigenvalue weighted by Gasteiger charge is 2.28. The molecule has 0 unspecified atom stereocenters. The average molecular weight is 905 g/mol. The molecule has 0 saturated carbocycles. The van der Waals surface area contributed by atoms with Crippen molar-refractivity contribution in [2.45, 2.75) is 12.4 Å². The number of benzene rings is 4. The van der Waals surface area contributed by atoms with Crippen molar-refractivity contribution in [2.75, 3.05) is 34.8 Å². The molecule has 0 aliphatic heterocycles. The third-order valence-corrected chi connectivity index (χ3v) is 9.71. The third-order valence-electron chi connectivity index (χ3n) is 9.71. The molecule has 4 aromatic carbocycles. The largest absolute Gasteiger partial charge is 0.405 e. The summed E-state index contributed by atoms with van der Waals surface area (Å²) >= 11 is 0. The quantitative estimate of drug-likeness (QED) is 0.0453. The smallest absolute Gasteiger partial charge is 0.398 e. The Morgan fingerprint density at radius 2 is 1.05 bits per heavy atom. The van der Waals surface area contributed by atoms with E-state index >= 15 is 0 Å². The minimum Gasteiger partial charge on any atom is -0.398 e. The van der Waals surface area contributed by atoms with Gasteiger partial charge in [0.2, 0.25) is 5.91 Å². The van der Waals surface area contributed by atoms with Crippen molar-refractivity contribution >= 4 is 52.0 Å². The van der Waals surface area contributed by atoms with Crippen LogP contribution in [0.1, 0.15) is 0 Å². The summed E-state index contributed by atoms with van der Waals surface area (Å²) in [6.45, 7) is 0.650. The standard InChI is InChI=1S/C25H20F3N5O2.C22H18F3N5O/c1-2-23(34)32-20-9-4-3-8-19(20)16-10-11-33-21(14-29-22(33)13-16)17-6-5-7-18(12-17)31-24(35)30-15-25(26,27)28;23-22(24,25)13-28-21(31)29-16-5-3-4-15(10-16)19-12-27-20-11-14(8-9-30(19)20)17-6-1-2-7-18(17)26/h2-14H,1,15H2,(H,32,34)(H2,30,31,35);1-12H,13,26H2,(H2,28,29,31). The Morgan fingerprint density at radius 3 is 1.53 bits per heavy atom. The number of rotatable bonds is 10. The van der Waals surface area contributed by atoms with Crippen LogP contribution in [0.3, 0.4) is 0 Å². The van der Waals surface area contributed by atoms with Gasteiger partial charge in [0.1, 0.15) is 24.4 Å². The SMILES string of the molecule is C=CC(=O)Nc1ccccc1-c1ccn2c(-c3cccc(NC(=O)NCC(F)(F)F)c3)cnc2c1.Nc1ccccc1-c1ccn2c(-c3cccc(NC(=O)NCC(F)(F)F)c3)cnc2c1. The predicted molar refractivity (Wildman–Crippen MR) is 242 cm³/mol. The Labute approximate surface area is 372 Å². The van der Waals surface area contributed by atoms with Crippen LogP contribution >= 0.6 is 0 Å². The van der Waals surface area contributed by atoms with Gasteiger partial charge in [-0.1, -0.05) is 67.2 Å². The summed E-state index contributed by atoms with van der Waals surface area (Å²) in [5.74, 6) is -0.317. The van der Waals surface area contributed by atoms with Crippen LogP contribution in [-0.2, 0) is 4.79 Å². The maximum absolute atomic E-state index is 12.3. The van der Waals surface area contributed by atoms with Crippen molar-refractivity contribution in [1.29, 1.82) is 0 Å². The number of hydrogen-bond donors (Lipinski definition) is 6. The van der Waals surface area contributed by atoms with E-state index in [1.54, 1.807) is 71.6 Å². The Hall–Kier alpha value is -8.61. The fraction of sp³-hybridized carbons (Fsp3) is 0.0851. The van der Waals surface area contributed by atoms with Crippen LogP contribution in [0.2, 0.25) is 0 Å². The minimum atomic E-state index is -4.49. The number of anilines is 4. The molecule has 336 valence electrons. The number of aromatic nitrogens is 4. The molecule has 0 atom stereocenters. The van der Waals surface area contributed by atoms with Gasteiger partial charge in [-0.25, -0.2) is 19.6 Å². The second-order valence-electron chi connectivity index (χ2n) is 14.4. The number of urea groups is 2. The van der Waals surface area contributed by atoms with E-state index in [2.05, 4.69) is 32.5 Å². The number of nitrogens with one attached hydrogen (secondary N) is 5. The van der Waals surface area contributed by atoms with Gasteiger partial charge in [0, 0.05) is 57.4 Å². The number of carbonyl (C=O) groups is 3. The molecule has 0 aliphatic rings. The first-order valence-electron chi connectivity index (χ1n) is 19.8. The Morgan fingerprint density at radius 1 is 0.576 bits per heavy atom. The summed E-state index contributed by atoms with van der Waals surface area (Å²) in [5, 5.41) is 11.2. The fourth-order valence-corrected chi connectivity index (χ4v) is 6.74. The first-order chi connectivity index (χ1) is 31.5. The van der Waals surface area contributed by atoms with E-state index in [-0.39, 0.29) is 5.91 Å². The molecule has 13 nitrogen and oxygen atoms in total. The lowest BCUT2D eigenvalue weighted by atomic mass is 10.0. The highest BCUT2D eigenvalue weighted by atomic mass is 19.4. The van der Waals surface area contributed by atoms with Crippen LogP contribution in [-0.4, -0.2) is 62.2 Å². The zero-order chi connectivity index (χ0) is 47.0. The number of nitrogens with two attached hydrogens (primary N) is 1. The molecule has 8 rings (SSSR count). The highest BCUT2D eigenvalue weighted by molar-refractivity contribution is 6.02. The molecule has 7 N–H and O–H groups in total. The number of nitrogen functional groups attached to an aromatic ring is 1. The zero-order valence-corrected chi connectivity index (χ0v) is 34.4. The van der Waals surface area contributed by atoms with E-state index in [0.717, 1.165) is 39.2 Å². The number of halogens is 6. The molecule has 0 spiro atoms. The van der Waals surface area contributed by atoms with Gasteiger partial charge in [0.25, 0.3) is 0 Å². The number of nitrogens with zero attached hydrogens (tertiary/aromatic N) is 4. The lowest BCUT2D eigenvalue weighted by Crippen LogP contribution is -2.36. The number of pyridine rings is 2. The molecule has 0 aliphatic carbocycles. The Kier molecular flexibility index (Phi) is 13.4. The third kappa shape index (κ3) is 11.5. The van der Waals surface area contributed by atoms with E-state index in [1.165, 1.54) is 6.08 Å². The highest BCUT2D eigenvalue weighted by Crippen LogP contribution is 2.32. The molecule has 19 heteroatoms.